The van der Waals surface area contributed by atoms with Gasteiger partial charge in [-0.3, -0.25) is 9.35 Å². The van der Waals surface area contributed by atoms with Gasteiger partial charge in [0.2, 0.25) is 5.91 Å². The van der Waals surface area contributed by atoms with Crippen LogP contribution in [0.4, 0.5) is 0 Å². The first kappa shape index (κ1) is 56.6. The lowest BCUT2D eigenvalue weighted by Crippen LogP contribution is -2.46. The van der Waals surface area contributed by atoms with Gasteiger partial charge in [0.15, 0.2) is 0 Å². The van der Waals surface area contributed by atoms with Crippen LogP contribution in [0.5, 0.6) is 0 Å². The SMILES string of the molecule is CCCCCCCCCC/C=C\CCCCCCCCCCCCCC(=O)NC(CS(=O)(=O)O)C(O)/C=C/CC/C=C/CCCCCCCCCCCCCCCC. The van der Waals surface area contributed by atoms with Gasteiger partial charge in [-0.05, 0) is 57.8 Å². The van der Waals surface area contributed by atoms with Crippen LogP contribution >= 0.6 is 0 Å². The molecule has 3 N–H and O–H groups in total. The number of nitrogens with one attached hydrogen (secondary N) is 1. The van der Waals surface area contributed by atoms with Gasteiger partial charge in [0.1, 0.15) is 0 Å². The first-order chi connectivity index (χ1) is 28.3. The molecule has 0 radical (unpaired) electrons. The number of amides is 1. The molecular weight excluding hydrogens is 739 g/mol. The molecule has 0 fully saturated rings. The van der Waals surface area contributed by atoms with Crippen molar-refractivity contribution >= 4 is 16.0 Å². The Hall–Kier alpha value is -1.44. The molecule has 7 heteroatoms. The zero-order chi connectivity index (χ0) is 42.5. The van der Waals surface area contributed by atoms with Crippen LogP contribution in [0, 0.1) is 0 Å². The van der Waals surface area contributed by atoms with Crippen molar-refractivity contribution in [3.05, 3.63) is 36.5 Å². The zero-order valence-corrected chi connectivity index (χ0v) is 39.2. The van der Waals surface area contributed by atoms with Crippen molar-refractivity contribution in [1.82, 2.24) is 5.32 Å². The summed E-state index contributed by atoms with van der Waals surface area (Å²) in [7, 11) is -4.36. The monoisotopic (exact) mass is 836 g/mol. The van der Waals surface area contributed by atoms with Crippen LogP contribution in [0.1, 0.15) is 264 Å². The van der Waals surface area contributed by atoms with E-state index >= 15 is 0 Å². The quantitative estimate of drug-likeness (QED) is 0.0322. The fourth-order valence-corrected chi connectivity index (χ4v) is 8.49. The highest BCUT2D eigenvalue weighted by Gasteiger charge is 2.24. The summed E-state index contributed by atoms with van der Waals surface area (Å²) < 4.78 is 32.7. The molecule has 0 aliphatic heterocycles. The molecule has 0 aromatic heterocycles. The van der Waals surface area contributed by atoms with Crippen LogP contribution < -0.4 is 5.32 Å². The molecule has 2 atom stereocenters. The lowest BCUT2D eigenvalue weighted by atomic mass is 10.0. The fourth-order valence-electron chi connectivity index (χ4n) is 7.76. The van der Waals surface area contributed by atoms with Crippen LogP contribution in [0.3, 0.4) is 0 Å². The smallest absolute Gasteiger partial charge is 0.267 e. The maximum Gasteiger partial charge on any atom is 0.267 e. The van der Waals surface area contributed by atoms with Gasteiger partial charge in [-0.15, -0.1) is 0 Å². The number of allylic oxidation sites excluding steroid dienone is 5. The van der Waals surface area contributed by atoms with E-state index in [4.69, 9.17) is 0 Å². The summed E-state index contributed by atoms with van der Waals surface area (Å²) in [5.74, 6) is -0.994. The molecule has 0 heterocycles. The number of aliphatic hydroxyl groups is 1. The van der Waals surface area contributed by atoms with Gasteiger partial charge in [0.25, 0.3) is 10.1 Å². The first-order valence-electron chi connectivity index (χ1n) is 25.2. The molecule has 0 aromatic carbocycles. The third kappa shape index (κ3) is 45.6. The molecular formula is C51H97NO5S. The topological polar surface area (TPSA) is 104 Å². The number of hydrogen-bond acceptors (Lipinski definition) is 4. The molecule has 1 amide bonds. The maximum absolute atomic E-state index is 12.6. The van der Waals surface area contributed by atoms with Gasteiger partial charge in [-0.2, -0.15) is 8.42 Å². The van der Waals surface area contributed by atoms with Crippen molar-refractivity contribution in [3.63, 3.8) is 0 Å². The summed E-state index contributed by atoms with van der Waals surface area (Å²) in [5, 5.41) is 13.3. The van der Waals surface area contributed by atoms with E-state index in [2.05, 4.69) is 43.5 Å². The van der Waals surface area contributed by atoms with Gasteiger partial charge in [-0.1, -0.05) is 237 Å². The van der Waals surface area contributed by atoms with Crippen molar-refractivity contribution in [3.8, 4) is 0 Å². The average Bonchev–Trinajstić information content (AvgIpc) is 3.19. The Bertz CT molecular complexity index is 1060. The van der Waals surface area contributed by atoms with E-state index < -0.39 is 28.0 Å². The second kappa shape index (κ2) is 45.1. The molecule has 6 nitrogen and oxygen atoms in total. The Morgan fingerprint density at radius 1 is 0.448 bits per heavy atom. The molecule has 0 aromatic rings. The summed E-state index contributed by atoms with van der Waals surface area (Å²) in [6.45, 7) is 4.55. The van der Waals surface area contributed by atoms with E-state index in [9.17, 15) is 22.9 Å². The van der Waals surface area contributed by atoms with E-state index in [1.54, 1.807) is 0 Å². The maximum atomic E-state index is 12.6. The van der Waals surface area contributed by atoms with Crippen LogP contribution in [0.25, 0.3) is 0 Å². The molecule has 2 unspecified atom stereocenters. The van der Waals surface area contributed by atoms with Crippen LogP contribution in [-0.4, -0.2) is 41.9 Å². The summed E-state index contributed by atoms with van der Waals surface area (Å²) in [4.78, 5) is 12.6. The Morgan fingerprint density at radius 2 is 0.741 bits per heavy atom. The molecule has 0 aliphatic carbocycles. The molecule has 0 spiro atoms. The van der Waals surface area contributed by atoms with Gasteiger partial charge in [0, 0.05) is 6.42 Å². The minimum atomic E-state index is -4.36. The summed E-state index contributed by atoms with van der Waals surface area (Å²) in [5.41, 5.74) is 0. The summed E-state index contributed by atoms with van der Waals surface area (Å²) in [6.07, 6.45) is 60.1. The molecule has 58 heavy (non-hydrogen) atoms. The molecule has 0 saturated heterocycles. The van der Waals surface area contributed by atoms with Crippen molar-refractivity contribution in [1.29, 1.82) is 0 Å². The Kier molecular flexibility index (Phi) is 44.0. The Balaban J connectivity index is 3.83. The van der Waals surface area contributed by atoms with Gasteiger partial charge in [0.05, 0.1) is 17.9 Å². The number of aliphatic hydroxyl groups excluding tert-OH is 1. The van der Waals surface area contributed by atoms with Crippen LogP contribution in [0.2, 0.25) is 0 Å². The van der Waals surface area contributed by atoms with Crippen molar-refractivity contribution in [2.45, 2.75) is 276 Å². The minimum absolute atomic E-state index is 0.286. The zero-order valence-electron chi connectivity index (χ0n) is 38.4. The first-order valence-corrected chi connectivity index (χ1v) is 26.8. The van der Waals surface area contributed by atoms with Crippen molar-refractivity contribution < 1.29 is 22.9 Å². The second-order valence-corrected chi connectivity index (χ2v) is 18.9. The van der Waals surface area contributed by atoms with E-state index in [1.165, 1.54) is 212 Å². The highest BCUT2D eigenvalue weighted by Crippen LogP contribution is 2.16. The second-order valence-electron chi connectivity index (χ2n) is 17.4. The fraction of sp³-hybridized carbons (Fsp3) is 0.863. The van der Waals surface area contributed by atoms with Crippen LogP contribution in [-0.2, 0) is 14.9 Å². The summed E-state index contributed by atoms with van der Waals surface area (Å²) in [6, 6.07) is -1.07. The highest BCUT2D eigenvalue weighted by atomic mass is 32.2. The lowest BCUT2D eigenvalue weighted by Gasteiger charge is -2.21. The number of hydrogen-bond donors (Lipinski definition) is 3. The molecule has 0 rings (SSSR count). The molecule has 342 valence electrons. The Labute approximate surface area is 361 Å². The minimum Gasteiger partial charge on any atom is -0.387 e. The predicted molar refractivity (Wildman–Crippen MR) is 253 cm³/mol. The molecule has 0 saturated carbocycles. The van der Waals surface area contributed by atoms with E-state index in [-0.39, 0.29) is 12.3 Å². The third-order valence-corrected chi connectivity index (χ3v) is 12.3. The standard InChI is InChI=1S/C51H97NO5S/c1-3-5-7-9-11-13-15-17-19-21-23-25-26-27-29-31-33-35-37-39-41-43-45-47-51(54)52-49(48-58(55,56)57)50(53)46-44-42-40-38-36-34-32-30-28-24-22-20-18-16-14-12-10-8-6-4-2/h21,23,36,38,44,46,49-50,53H,3-20,22,24-35,37,39-43,45,47-48H2,1-2H3,(H,52,54)(H,55,56,57)/b23-21-,38-36+,46-44+. The Morgan fingerprint density at radius 3 is 1.09 bits per heavy atom. The number of unbranched alkanes of at least 4 members (excludes halogenated alkanes) is 34. The van der Waals surface area contributed by atoms with E-state index in [0.717, 1.165) is 38.5 Å². The molecule has 0 aliphatic rings. The van der Waals surface area contributed by atoms with Gasteiger partial charge < -0.3 is 10.4 Å². The lowest BCUT2D eigenvalue weighted by molar-refractivity contribution is -0.122. The van der Waals surface area contributed by atoms with Crippen LogP contribution in [0.15, 0.2) is 36.5 Å². The van der Waals surface area contributed by atoms with Crippen molar-refractivity contribution in [2.75, 3.05) is 5.75 Å². The normalized spacial score (nSPS) is 13.4. The van der Waals surface area contributed by atoms with Gasteiger partial charge >= 0.3 is 0 Å². The average molecular weight is 836 g/mol. The van der Waals surface area contributed by atoms with E-state index in [0.29, 0.717) is 0 Å². The van der Waals surface area contributed by atoms with E-state index in [1.807, 2.05) is 6.08 Å². The summed E-state index contributed by atoms with van der Waals surface area (Å²) >= 11 is 0. The number of rotatable bonds is 46. The molecule has 0 bridgehead atoms. The number of carbonyl (C=O) groups excluding carboxylic acids is 1. The van der Waals surface area contributed by atoms with Crippen molar-refractivity contribution in [2.24, 2.45) is 0 Å². The third-order valence-electron chi connectivity index (χ3n) is 11.5. The predicted octanol–water partition coefficient (Wildman–Crippen LogP) is 15.6. The van der Waals surface area contributed by atoms with Gasteiger partial charge in [-0.25, -0.2) is 0 Å². The highest BCUT2D eigenvalue weighted by molar-refractivity contribution is 7.85. The number of carbonyl (C=O) groups is 1. The largest absolute Gasteiger partial charge is 0.387 e.